The van der Waals surface area contributed by atoms with E-state index in [-0.39, 0.29) is 11.5 Å². The molecule has 6 aromatic carbocycles. The highest BCUT2D eigenvalue weighted by Gasteiger charge is 2.20. The molecule has 0 fully saturated rings. The fourth-order valence-electron chi connectivity index (χ4n) is 3.75. The average Bonchev–Trinajstić information content (AvgIpc) is 2.58. The zero-order valence-electron chi connectivity index (χ0n) is 11.7. The number of phenols is 2. The summed E-state index contributed by atoms with van der Waals surface area (Å²) < 4.78 is 0. The zero-order chi connectivity index (χ0) is 14.8. The van der Waals surface area contributed by atoms with Crippen LogP contribution in [0.2, 0.25) is 0 Å². The van der Waals surface area contributed by atoms with Crippen molar-refractivity contribution in [2.45, 2.75) is 0 Å². The maximum Gasteiger partial charge on any atom is 0.124 e. The van der Waals surface area contributed by atoms with E-state index in [4.69, 9.17) is 0 Å². The molecule has 2 bridgehead atoms. The summed E-state index contributed by atoms with van der Waals surface area (Å²) in [6.45, 7) is 0. The van der Waals surface area contributed by atoms with E-state index >= 15 is 0 Å². The first-order chi connectivity index (χ1) is 10.8. The van der Waals surface area contributed by atoms with Crippen LogP contribution >= 0.6 is 0 Å². The van der Waals surface area contributed by atoms with Crippen LogP contribution in [-0.4, -0.2) is 10.2 Å². The van der Waals surface area contributed by atoms with Crippen LogP contribution < -0.4 is 0 Å². The quantitative estimate of drug-likeness (QED) is 0.305. The minimum atomic E-state index is 0.212. The van der Waals surface area contributed by atoms with E-state index < -0.39 is 0 Å². The van der Waals surface area contributed by atoms with Gasteiger partial charge in [0, 0.05) is 21.5 Å². The molecule has 0 aliphatic rings. The number of aromatic hydroxyl groups is 2. The van der Waals surface area contributed by atoms with Crippen LogP contribution in [0.1, 0.15) is 0 Å². The number of phenolic OH excluding ortho intramolecular Hbond substituents is 2. The van der Waals surface area contributed by atoms with Gasteiger partial charge in [-0.15, -0.1) is 0 Å². The normalized spacial score (nSPS) is 12.0. The summed E-state index contributed by atoms with van der Waals surface area (Å²) in [7, 11) is 0. The molecule has 0 spiro atoms. The predicted molar refractivity (Wildman–Crippen MR) is 91.0 cm³/mol. The van der Waals surface area contributed by atoms with Crippen LogP contribution in [0.3, 0.4) is 0 Å². The topological polar surface area (TPSA) is 40.5 Å². The van der Waals surface area contributed by atoms with Gasteiger partial charge in [-0.05, 0) is 33.7 Å². The molecule has 0 amide bonds. The number of benzene rings is 6. The molecule has 2 N–H and O–H groups in total. The Bertz CT molecular complexity index is 1030. The third-order valence-electron chi connectivity index (χ3n) is 4.59. The van der Waals surface area contributed by atoms with Gasteiger partial charge in [0.05, 0.1) is 0 Å². The second-order valence-corrected chi connectivity index (χ2v) is 5.69. The van der Waals surface area contributed by atoms with Crippen LogP contribution in [-0.2, 0) is 0 Å². The van der Waals surface area contributed by atoms with Crippen LogP contribution in [0, 0.1) is 0 Å². The van der Waals surface area contributed by atoms with Crippen molar-refractivity contribution in [3.8, 4) is 11.5 Å². The third-order valence-corrected chi connectivity index (χ3v) is 4.59. The molecule has 0 aromatic heterocycles. The molecule has 0 heterocycles. The maximum absolute atomic E-state index is 10.4. The SMILES string of the molecule is Oc1ccc(O)c2c1c1c3ccccc3c2c2ccccc21. The first kappa shape index (κ1) is 11.6. The second-order valence-electron chi connectivity index (χ2n) is 5.69. The first-order valence-electron chi connectivity index (χ1n) is 7.26. The lowest BCUT2D eigenvalue weighted by atomic mass is 9.85. The molecule has 6 rings (SSSR count). The molecule has 6 aromatic rings. The third kappa shape index (κ3) is 1.21. The summed E-state index contributed by atoms with van der Waals surface area (Å²) >= 11 is 0. The molecular formula is C20H12O2. The van der Waals surface area contributed by atoms with E-state index in [9.17, 15) is 10.2 Å². The van der Waals surface area contributed by atoms with E-state index in [1.807, 2.05) is 24.3 Å². The monoisotopic (exact) mass is 284 g/mol. The lowest BCUT2D eigenvalue weighted by molar-refractivity contribution is 0.470. The lowest BCUT2D eigenvalue weighted by Crippen LogP contribution is -1.90. The Morgan fingerprint density at radius 2 is 0.727 bits per heavy atom. The molecule has 0 atom stereocenters. The van der Waals surface area contributed by atoms with Gasteiger partial charge in [-0.1, -0.05) is 48.5 Å². The van der Waals surface area contributed by atoms with Gasteiger partial charge in [-0.3, -0.25) is 0 Å². The van der Waals surface area contributed by atoms with Gasteiger partial charge in [0.2, 0.25) is 0 Å². The van der Waals surface area contributed by atoms with Crippen LogP contribution in [0.15, 0.2) is 60.7 Å². The van der Waals surface area contributed by atoms with E-state index in [1.54, 1.807) is 12.1 Å². The summed E-state index contributed by atoms with van der Waals surface area (Å²) in [5, 5.41) is 28.8. The molecule has 22 heavy (non-hydrogen) atoms. The smallest absolute Gasteiger partial charge is 0.124 e. The minimum Gasteiger partial charge on any atom is -0.507 e. The van der Waals surface area contributed by atoms with Crippen LogP contribution in [0.4, 0.5) is 0 Å². The fourth-order valence-corrected chi connectivity index (χ4v) is 3.75. The summed E-state index contributed by atoms with van der Waals surface area (Å²) in [5.41, 5.74) is 0. The van der Waals surface area contributed by atoms with Crippen molar-refractivity contribution in [3.63, 3.8) is 0 Å². The molecule has 0 saturated carbocycles. The summed E-state index contributed by atoms with van der Waals surface area (Å²) in [5.74, 6) is 0.425. The van der Waals surface area contributed by atoms with Gasteiger partial charge < -0.3 is 10.2 Å². The molecule has 0 unspecified atom stereocenters. The number of rotatable bonds is 0. The van der Waals surface area contributed by atoms with Crippen molar-refractivity contribution >= 4 is 43.1 Å². The molecule has 2 nitrogen and oxygen atoms in total. The first-order valence-corrected chi connectivity index (χ1v) is 7.26. The van der Waals surface area contributed by atoms with Gasteiger partial charge in [-0.2, -0.15) is 0 Å². The zero-order valence-corrected chi connectivity index (χ0v) is 11.7. The molecule has 0 radical (unpaired) electrons. The minimum absolute atomic E-state index is 0.212. The van der Waals surface area contributed by atoms with Gasteiger partial charge in [-0.25, -0.2) is 0 Å². The van der Waals surface area contributed by atoms with Crippen molar-refractivity contribution < 1.29 is 10.2 Å². The Balaban J connectivity index is 2.34. The Labute approximate surface area is 126 Å². The van der Waals surface area contributed by atoms with Gasteiger partial charge >= 0.3 is 0 Å². The molecule has 0 aliphatic heterocycles. The predicted octanol–water partition coefficient (Wildman–Crippen LogP) is 5.15. The van der Waals surface area contributed by atoms with E-state index in [0.717, 1.165) is 43.1 Å². The summed E-state index contributed by atoms with van der Waals surface area (Å²) in [6, 6.07) is 19.5. The van der Waals surface area contributed by atoms with Crippen molar-refractivity contribution in [2.75, 3.05) is 0 Å². The van der Waals surface area contributed by atoms with Crippen molar-refractivity contribution in [1.29, 1.82) is 0 Å². The molecule has 0 saturated heterocycles. The lowest BCUT2D eigenvalue weighted by Gasteiger charge is -2.18. The summed E-state index contributed by atoms with van der Waals surface area (Å²) in [6.07, 6.45) is 0. The Hall–Kier alpha value is -3.00. The van der Waals surface area contributed by atoms with Crippen molar-refractivity contribution in [1.82, 2.24) is 0 Å². The highest BCUT2D eigenvalue weighted by atomic mass is 16.3. The maximum atomic E-state index is 10.4. The Morgan fingerprint density at radius 1 is 0.409 bits per heavy atom. The molecular weight excluding hydrogens is 272 g/mol. The van der Waals surface area contributed by atoms with E-state index in [1.165, 1.54) is 0 Å². The highest BCUT2D eigenvalue weighted by molar-refractivity contribution is 6.41. The fraction of sp³-hybridized carbons (Fsp3) is 0. The van der Waals surface area contributed by atoms with Crippen LogP contribution in [0.5, 0.6) is 11.5 Å². The van der Waals surface area contributed by atoms with Crippen molar-refractivity contribution in [2.24, 2.45) is 0 Å². The Kier molecular flexibility index (Phi) is 2.01. The van der Waals surface area contributed by atoms with Gasteiger partial charge in [0.15, 0.2) is 0 Å². The summed E-state index contributed by atoms with van der Waals surface area (Å²) in [4.78, 5) is 0. The Morgan fingerprint density at radius 3 is 1.05 bits per heavy atom. The second kappa shape index (κ2) is 3.80. The van der Waals surface area contributed by atoms with Gasteiger partial charge in [0.25, 0.3) is 0 Å². The molecule has 0 aliphatic carbocycles. The van der Waals surface area contributed by atoms with E-state index in [0.29, 0.717) is 0 Å². The standard InChI is InChI=1S/C20H12O2/c21-15-9-10-16(22)20-18-12-6-2-1-5-11(12)17(19(15)20)13-7-3-4-8-14(13)18/h1-10,21-22H. The average molecular weight is 284 g/mol. The number of hydrogen-bond acceptors (Lipinski definition) is 2. The van der Waals surface area contributed by atoms with Crippen LogP contribution in [0.25, 0.3) is 43.1 Å². The number of hydrogen-bond donors (Lipinski definition) is 2. The molecule has 104 valence electrons. The van der Waals surface area contributed by atoms with Gasteiger partial charge in [0.1, 0.15) is 11.5 Å². The highest BCUT2D eigenvalue weighted by Crippen LogP contribution is 2.49. The van der Waals surface area contributed by atoms with Crippen molar-refractivity contribution in [3.05, 3.63) is 60.7 Å². The molecule has 2 heteroatoms. The largest absolute Gasteiger partial charge is 0.507 e. The van der Waals surface area contributed by atoms with E-state index in [2.05, 4.69) is 24.3 Å².